The Hall–Kier alpha value is -6.80. The molecule has 7 rings (SSSR count). The van der Waals surface area contributed by atoms with Crippen LogP contribution in [0.3, 0.4) is 0 Å². The molecule has 0 saturated heterocycles. The molecule has 73 heavy (non-hydrogen) atoms. The van der Waals surface area contributed by atoms with Gasteiger partial charge in [0.25, 0.3) is 11.8 Å². The summed E-state index contributed by atoms with van der Waals surface area (Å²) in [6, 6.07) is 4.66. The molecule has 3 aromatic heterocycles. The predicted molar refractivity (Wildman–Crippen MR) is 234 cm³/mol. The van der Waals surface area contributed by atoms with Crippen molar-refractivity contribution in [3.8, 4) is 23.0 Å². The van der Waals surface area contributed by atoms with Gasteiger partial charge in [0.1, 0.15) is 40.9 Å². The molecule has 0 bridgehead atoms. The topological polar surface area (TPSA) is 233 Å². The van der Waals surface area contributed by atoms with Gasteiger partial charge in [-0.05, 0) is 74.4 Å². The number of carboxylic acids is 1. The van der Waals surface area contributed by atoms with Crippen LogP contribution in [0.15, 0.2) is 42.5 Å². The van der Waals surface area contributed by atoms with E-state index in [0.29, 0.717) is 10.7 Å². The van der Waals surface area contributed by atoms with Crippen LogP contribution >= 0.6 is 11.6 Å². The first-order valence-corrected chi connectivity index (χ1v) is 24.3. The van der Waals surface area contributed by atoms with Crippen LogP contribution in [0.25, 0.3) is 22.0 Å². The van der Waals surface area contributed by atoms with E-state index in [1.807, 2.05) is 0 Å². The second-order valence-corrected chi connectivity index (χ2v) is 21.2. The summed E-state index contributed by atoms with van der Waals surface area (Å²) in [5.41, 5.74) is -6.56. The second-order valence-electron chi connectivity index (χ2n) is 17.3. The molecule has 0 spiro atoms. The van der Waals surface area contributed by atoms with Crippen molar-refractivity contribution in [2.24, 2.45) is 5.92 Å². The normalized spacial score (nSPS) is 16.6. The number of rotatable bonds is 14. The summed E-state index contributed by atoms with van der Waals surface area (Å²) in [7, 11) is -7.92. The third kappa shape index (κ3) is 11.2. The lowest BCUT2D eigenvalue weighted by molar-refractivity contribution is -0.150. The zero-order valence-corrected chi connectivity index (χ0v) is 39.9. The zero-order chi connectivity index (χ0) is 54.1. The highest BCUT2D eigenvalue weighted by Gasteiger charge is 2.68. The molecule has 2 aliphatic rings. The average molecular weight is 1100 g/mol. The van der Waals surface area contributed by atoms with E-state index in [2.05, 4.69) is 32.3 Å². The number of aliphatic carboxylic acids is 1. The number of carbonyl (C=O) groups excluding carboxylic acids is 3. The standard InChI is InChI=1S/C43H35ClF10N8O9S2/c1-40(2,73(3,70)71)9-8-22-4-5-23(24-6-7-27(44)33-29(58-61(35(24)33)18-41(47,48)49)16-62(72(68)69)31(64)15-55-38(65)39(66)67)34(56-22)28(12-19-10-20(45)13-21(46)11-19)57-30(63)17-60-37-32(36(59-60)43(52,53)54)25-14-26(25)42(37,50)51/h4-7,10-11,13,25-26,28,72H,12,14-18H2,1-3H3,(H,55,65)(H,57,63)(H,66,67)/t25-,26+,28?/m0/s1. The van der Waals surface area contributed by atoms with Crippen LogP contribution in [0.5, 0.6) is 0 Å². The SMILES string of the molecule is CC(C)(C#Cc1ccc(-c2ccc(Cl)c3c(CN(C(=O)CNC(=O)C(=O)O)[SH](=O)=O)nn(CC(F)(F)F)c23)c(C(Cc2cc(F)cc(F)c2)NC(=O)Cn2nc(C(F)(F)F)c3c2C(F)(F)[C@@H]2C[C@H]32)n1)S(C)(=O)=O. The van der Waals surface area contributed by atoms with E-state index >= 15 is 8.78 Å². The summed E-state index contributed by atoms with van der Waals surface area (Å²) in [6.45, 7) is -3.26. The van der Waals surface area contributed by atoms with E-state index in [0.717, 1.165) is 42.7 Å². The number of nitrogens with zero attached hydrogens (tertiary/aromatic N) is 6. The van der Waals surface area contributed by atoms with Crippen molar-refractivity contribution >= 4 is 66.9 Å². The molecular weight excluding hydrogens is 1060 g/mol. The number of carboxylic acid groups (broad SMARTS) is 1. The lowest BCUT2D eigenvalue weighted by Gasteiger charge is -2.23. The van der Waals surface area contributed by atoms with E-state index < -0.39 is 174 Å². The van der Waals surface area contributed by atoms with Crippen LogP contribution in [-0.4, -0.2) is 98.2 Å². The molecule has 2 aliphatic carbocycles. The zero-order valence-electron chi connectivity index (χ0n) is 37.4. The van der Waals surface area contributed by atoms with Crippen molar-refractivity contribution in [2.75, 3.05) is 12.8 Å². The Morgan fingerprint density at radius 3 is 2.22 bits per heavy atom. The molecule has 30 heteroatoms. The molecule has 17 nitrogen and oxygen atoms in total. The number of nitrogens with one attached hydrogen (secondary N) is 2. The molecule has 0 radical (unpaired) electrons. The molecule has 390 valence electrons. The van der Waals surface area contributed by atoms with E-state index in [4.69, 9.17) is 16.7 Å². The largest absolute Gasteiger partial charge is 0.474 e. The molecule has 2 aromatic carbocycles. The van der Waals surface area contributed by atoms with Gasteiger partial charge < -0.3 is 15.7 Å². The van der Waals surface area contributed by atoms with Crippen molar-refractivity contribution in [1.29, 1.82) is 0 Å². The Morgan fingerprint density at radius 1 is 0.986 bits per heavy atom. The van der Waals surface area contributed by atoms with Crippen LogP contribution in [0.2, 0.25) is 5.02 Å². The molecule has 3 amide bonds. The number of benzene rings is 2. The highest BCUT2D eigenvalue weighted by atomic mass is 35.5. The molecule has 0 aliphatic heterocycles. The van der Waals surface area contributed by atoms with Gasteiger partial charge in [-0.15, -0.1) is 0 Å². The van der Waals surface area contributed by atoms with E-state index in [1.54, 1.807) is 5.32 Å². The van der Waals surface area contributed by atoms with Gasteiger partial charge in [-0.25, -0.2) is 39.7 Å². The highest BCUT2D eigenvalue weighted by Crippen LogP contribution is 2.68. The summed E-state index contributed by atoms with van der Waals surface area (Å²) in [5.74, 6) is -10.5. The first-order valence-electron chi connectivity index (χ1n) is 20.9. The van der Waals surface area contributed by atoms with Crippen molar-refractivity contribution in [1.82, 2.24) is 39.5 Å². The third-order valence-corrected chi connectivity index (χ3v) is 14.8. The first-order chi connectivity index (χ1) is 33.7. The van der Waals surface area contributed by atoms with Crippen LogP contribution in [0, 0.1) is 29.4 Å². The minimum atomic E-state index is -5.24. The van der Waals surface area contributed by atoms with Crippen molar-refractivity contribution in [3.05, 3.63) is 98.7 Å². The number of hydrogen-bond acceptors (Lipinski definition) is 11. The van der Waals surface area contributed by atoms with Gasteiger partial charge in [0.2, 0.25) is 16.8 Å². The van der Waals surface area contributed by atoms with Crippen LogP contribution < -0.4 is 10.6 Å². The Balaban J connectivity index is 1.44. The quantitative estimate of drug-likeness (QED) is 0.0478. The first kappa shape index (κ1) is 54.0. The van der Waals surface area contributed by atoms with Gasteiger partial charge in [0.15, 0.2) is 15.5 Å². The van der Waals surface area contributed by atoms with Gasteiger partial charge in [-0.1, -0.05) is 23.6 Å². The highest BCUT2D eigenvalue weighted by molar-refractivity contribution is 7.92. The summed E-state index contributed by atoms with van der Waals surface area (Å²) in [4.78, 5) is 54.2. The molecule has 1 saturated carbocycles. The fourth-order valence-corrected chi connectivity index (χ4v) is 9.16. The Morgan fingerprint density at radius 2 is 1.63 bits per heavy atom. The van der Waals surface area contributed by atoms with Crippen molar-refractivity contribution in [2.45, 2.75) is 81.3 Å². The van der Waals surface area contributed by atoms with Gasteiger partial charge in [-0.3, -0.25) is 23.7 Å². The van der Waals surface area contributed by atoms with Gasteiger partial charge >= 0.3 is 24.2 Å². The smallest absolute Gasteiger partial charge is 0.435 e. The maximum Gasteiger partial charge on any atom is 0.435 e. The molecule has 3 heterocycles. The molecular formula is C43H35ClF10N8O9S2. The number of aromatic nitrogens is 5. The summed E-state index contributed by atoms with van der Waals surface area (Å²) >= 11 is 6.57. The summed E-state index contributed by atoms with van der Waals surface area (Å²) in [5, 5.41) is 19.3. The Labute approximate surface area is 411 Å². The molecule has 5 aromatic rings. The maximum atomic E-state index is 15.6. The Kier molecular flexibility index (Phi) is 14.2. The van der Waals surface area contributed by atoms with Gasteiger partial charge in [0.05, 0.1) is 41.1 Å². The van der Waals surface area contributed by atoms with Crippen molar-refractivity contribution < 1.29 is 85.0 Å². The minimum Gasteiger partial charge on any atom is -0.474 e. The molecule has 1 fully saturated rings. The van der Waals surface area contributed by atoms with E-state index in [1.165, 1.54) is 13.8 Å². The van der Waals surface area contributed by atoms with Gasteiger partial charge in [-0.2, -0.15) is 45.3 Å². The number of carbonyl (C=O) groups is 4. The number of hydrogen-bond donors (Lipinski definition) is 4. The van der Waals surface area contributed by atoms with Crippen LogP contribution in [-0.2, 0) is 78.1 Å². The number of fused-ring (bicyclic) bond motifs is 4. The van der Waals surface area contributed by atoms with E-state index in [9.17, 15) is 71.1 Å². The fourth-order valence-electron chi connectivity index (χ4n) is 8.16. The van der Waals surface area contributed by atoms with Crippen LogP contribution in [0.1, 0.15) is 71.8 Å². The summed E-state index contributed by atoms with van der Waals surface area (Å²) in [6.07, 6.45) is -10.5. The number of amides is 3. The second kappa shape index (κ2) is 19.2. The number of sulfone groups is 1. The molecule has 3 atom stereocenters. The Bertz CT molecular complexity index is 3370. The third-order valence-electron chi connectivity index (χ3n) is 11.8. The van der Waals surface area contributed by atoms with Crippen LogP contribution in [0.4, 0.5) is 43.9 Å². The number of thiol groups is 1. The average Bonchev–Trinajstić information content (AvgIpc) is 3.78. The monoisotopic (exact) mass is 1100 g/mol. The lowest BCUT2D eigenvalue weighted by Crippen LogP contribution is -2.41. The van der Waals surface area contributed by atoms with E-state index in [-0.39, 0.29) is 37.8 Å². The number of pyridine rings is 1. The lowest BCUT2D eigenvalue weighted by atomic mass is 9.93. The molecule has 3 N–H and O–H groups in total. The minimum absolute atomic E-state index is 0.00781. The van der Waals surface area contributed by atoms with Crippen molar-refractivity contribution in [3.63, 3.8) is 0 Å². The molecule has 1 unspecified atom stereocenters. The van der Waals surface area contributed by atoms with Gasteiger partial charge in [0, 0.05) is 40.3 Å². The fraction of sp³-hybridized carbons (Fsp3) is 0.372. The maximum absolute atomic E-state index is 15.6. The summed E-state index contributed by atoms with van der Waals surface area (Å²) < 4.78 is 195. The number of halogens is 11. The predicted octanol–water partition coefficient (Wildman–Crippen LogP) is 5.35. The number of alkyl halides is 8.